The van der Waals surface area contributed by atoms with Gasteiger partial charge in [-0.3, -0.25) is 9.59 Å². The minimum absolute atomic E-state index is 0.190. The molecule has 0 aromatic heterocycles. The molecule has 2 amide bonds. The van der Waals surface area contributed by atoms with Crippen LogP contribution in [0, 0.1) is 0 Å². The van der Waals surface area contributed by atoms with Gasteiger partial charge < -0.3 is 15.0 Å². The molecular weight excluding hydrogens is 408 g/mol. The molecule has 1 aliphatic rings. The fraction of sp³-hybridized carbons (Fsp3) is 0.238. The minimum Gasteiger partial charge on any atom is -0.496 e. The molecule has 6 heteroatoms. The van der Waals surface area contributed by atoms with E-state index in [4.69, 9.17) is 4.74 Å². The summed E-state index contributed by atoms with van der Waals surface area (Å²) in [5.74, 6) is 0.654. The van der Waals surface area contributed by atoms with E-state index in [0.29, 0.717) is 24.4 Å². The predicted molar refractivity (Wildman–Crippen MR) is 109 cm³/mol. The first-order chi connectivity index (χ1) is 13.0. The van der Waals surface area contributed by atoms with Crippen LogP contribution in [0.2, 0.25) is 0 Å². The Bertz CT molecular complexity index is 879. The molecule has 0 radical (unpaired) electrons. The van der Waals surface area contributed by atoms with Crippen molar-refractivity contribution in [1.29, 1.82) is 0 Å². The van der Waals surface area contributed by atoms with Gasteiger partial charge >= 0.3 is 0 Å². The number of methoxy groups -OCH3 is 1. The molecule has 5 nitrogen and oxygen atoms in total. The summed E-state index contributed by atoms with van der Waals surface area (Å²) in [4.78, 5) is 25.9. The number of nitrogens with one attached hydrogen (secondary N) is 1. The molecule has 0 spiro atoms. The quantitative estimate of drug-likeness (QED) is 0.700. The van der Waals surface area contributed by atoms with Crippen LogP contribution in [0.4, 0.5) is 5.69 Å². The van der Waals surface area contributed by atoms with Crippen molar-refractivity contribution in [3.63, 3.8) is 0 Å². The Morgan fingerprint density at radius 1 is 1.30 bits per heavy atom. The summed E-state index contributed by atoms with van der Waals surface area (Å²) in [6.07, 6.45) is 4.73. The van der Waals surface area contributed by atoms with Crippen molar-refractivity contribution in [2.24, 2.45) is 0 Å². The maximum atomic E-state index is 12.3. The lowest BCUT2D eigenvalue weighted by atomic mass is 10.1. The van der Waals surface area contributed by atoms with E-state index in [2.05, 4.69) is 21.2 Å². The number of carbonyl (C=O) groups is 2. The van der Waals surface area contributed by atoms with Crippen molar-refractivity contribution in [1.82, 2.24) is 4.90 Å². The third-order valence-electron chi connectivity index (χ3n) is 4.35. The summed E-state index contributed by atoms with van der Waals surface area (Å²) in [6.45, 7) is 1.38. The fourth-order valence-electron chi connectivity index (χ4n) is 3.02. The summed E-state index contributed by atoms with van der Waals surface area (Å²) in [6, 6.07) is 13.2. The van der Waals surface area contributed by atoms with E-state index in [9.17, 15) is 9.59 Å². The second-order valence-electron chi connectivity index (χ2n) is 6.33. The number of likely N-dealkylation sites (tertiary alicyclic amines) is 1. The Morgan fingerprint density at radius 2 is 2.15 bits per heavy atom. The zero-order valence-electron chi connectivity index (χ0n) is 15.1. The zero-order chi connectivity index (χ0) is 19.2. The molecule has 2 aromatic rings. The van der Waals surface area contributed by atoms with Gasteiger partial charge in [-0.1, -0.05) is 28.1 Å². The number of anilines is 1. The fourth-order valence-corrected chi connectivity index (χ4v) is 3.40. The predicted octanol–water partition coefficient (Wildman–Crippen LogP) is 4.23. The van der Waals surface area contributed by atoms with Crippen molar-refractivity contribution < 1.29 is 14.3 Å². The number of carbonyl (C=O) groups excluding carboxylic acids is 2. The van der Waals surface area contributed by atoms with E-state index in [1.807, 2.05) is 47.4 Å². The number of benzene rings is 2. The number of rotatable bonds is 6. The average molecular weight is 429 g/mol. The van der Waals surface area contributed by atoms with Crippen LogP contribution < -0.4 is 10.1 Å². The highest BCUT2D eigenvalue weighted by atomic mass is 79.9. The molecule has 0 unspecified atom stereocenters. The summed E-state index contributed by atoms with van der Waals surface area (Å²) < 4.78 is 6.21. The molecule has 140 valence electrons. The standard InChI is InChI=1S/C21H21BrN2O3/c1-27-19-9-8-17(22)13-16(19)7-10-20(25)23-18-5-2-4-15(12-18)14-24-11-3-6-21(24)26/h2,4-5,7-10,12-13H,3,6,11,14H2,1H3,(H,23,25)/b10-7+. The van der Waals surface area contributed by atoms with E-state index in [1.165, 1.54) is 6.08 Å². The molecule has 3 rings (SSSR count). The normalized spacial score (nSPS) is 14.0. The van der Waals surface area contributed by atoms with Crippen molar-refractivity contribution >= 4 is 39.5 Å². The van der Waals surface area contributed by atoms with Crippen molar-refractivity contribution in [3.8, 4) is 5.75 Å². The Labute approximate surface area is 167 Å². The molecule has 27 heavy (non-hydrogen) atoms. The molecule has 2 aromatic carbocycles. The maximum absolute atomic E-state index is 12.3. The van der Waals surface area contributed by atoms with Gasteiger partial charge in [-0.15, -0.1) is 0 Å². The van der Waals surface area contributed by atoms with E-state index >= 15 is 0 Å². The number of halogens is 1. The summed E-state index contributed by atoms with van der Waals surface area (Å²) in [5.41, 5.74) is 2.51. The molecule has 0 atom stereocenters. The summed E-state index contributed by atoms with van der Waals surface area (Å²) in [5, 5.41) is 2.86. The largest absolute Gasteiger partial charge is 0.496 e. The van der Waals surface area contributed by atoms with Crippen LogP contribution >= 0.6 is 15.9 Å². The molecule has 0 bridgehead atoms. The lowest BCUT2D eigenvalue weighted by molar-refractivity contribution is -0.128. The molecule has 1 aliphatic heterocycles. The van der Waals surface area contributed by atoms with Gasteiger partial charge in [-0.05, 0) is 48.4 Å². The van der Waals surface area contributed by atoms with Gasteiger partial charge in [0, 0.05) is 41.3 Å². The number of ether oxygens (including phenoxy) is 1. The van der Waals surface area contributed by atoms with Crippen molar-refractivity contribution in [3.05, 3.63) is 64.1 Å². The number of amides is 2. The number of hydrogen-bond donors (Lipinski definition) is 1. The van der Waals surface area contributed by atoms with Gasteiger partial charge in [0.05, 0.1) is 7.11 Å². The van der Waals surface area contributed by atoms with E-state index in [0.717, 1.165) is 28.6 Å². The molecule has 0 saturated carbocycles. The molecule has 1 fully saturated rings. The highest BCUT2D eigenvalue weighted by molar-refractivity contribution is 9.10. The zero-order valence-corrected chi connectivity index (χ0v) is 16.7. The highest BCUT2D eigenvalue weighted by Crippen LogP contribution is 2.24. The second-order valence-corrected chi connectivity index (χ2v) is 7.24. The van der Waals surface area contributed by atoms with Crippen molar-refractivity contribution in [2.75, 3.05) is 19.0 Å². The van der Waals surface area contributed by atoms with Crippen LogP contribution in [-0.4, -0.2) is 30.4 Å². The van der Waals surface area contributed by atoms with Crippen LogP contribution in [0.15, 0.2) is 53.0 Å². The number of nitrogens with zero attached hydrogens (tertiary/aromatic N) is 1. The third-order valence-corrected chi connectivity index (χ3v) is 4.84. The average Bonchev–Trinajstić information content (AvgIpc) is 3.05. The topological polar surface area (TPSA) is 58.6 Å². The Balaban J connectivity index is 1.65. The van der Waals surface area contributed by atoms with Gasteiger partial charge in [-0.25, -0.2) is 0 Å². The Hall–Kier alpha value is -2.60. The Kier molecular flexibility index (Phi) is 6.29. The monoisotopic (exact) mass is 428 g/mol. The van der Waals surface area contributed by atoms with E-state index < -0.39 is 0 Å². The van der Waals surface area contributed by atoms with Crippen LogP contribution in [0.5, 0.6) is 5.75 Å². The lowest BCUT2D eigenvalue weighted by Crippen LogP contribution is -2.23. The van der Waals surface area contributed by atoms with E-state index in [1.54, 1.807) is 13.2 Å². The third kappa shape index (κ3) is 5.20. The first kappa shape index (κ1) is 19.2. The van der Waals surface area contributed by atoms with Gasteiger partial charge in [0.2, 0.25) is 11.8 Å². The molecular formula is C21H21BrN2O3. The van der Waals surface area contributed by atoms with Crippen LogP contribution in [0.25, 0.3) is 6.08 Å². The van der Waals surface area contributed by atoms with Crippen molar-refractivity contribution in [2.45, 2.75) is 19.4 Å². The van der Waals surface area contributed by atoms with Crippen LogP contribution in [0.1, 0.15) is 24.0 Å². The second kappa shape index (κ2) is 8.86. The first-order valence-corrected chi connectivity index (χ1v) is 9.54. The molecule has 0 aliphatic carbocycles. The molecule has 1 heterocycles. The van der Waals surface area contributed by atoms with Gasteiger partial charge in [0.15, 0.2) is 0 Å². The SMILES string of the molecule is COc1ccc(Br)cc1/C=C/C(=O)Nc1cccc(CN2CCCC2=O)c1. The molecule has 1 N–H and O–H groups in total. The highest BCUT2D eigenvalue weighted by Gasteiger charge is 2.19. The minimum atomic E-state index is -0.230. The lowest BCUT2D eigenvalue weighted by Gasteiger charge is -2.16. The van der Waals surface area contributed by atoms with Gasteiger partial charge in [0.25, 0.3) is 0 Å². The Morgan fingerprint density at radius 3 is 2.89 bits per heavy atom. The maximum Gasteiger partial charge on any atom is 0.248 e. The number of hydrogen-bond acceptors (Lipinski definition) is 3. The summed E-state index contributed by atoms with van der Waals surface area (Å²) >= 11 is 3.42. The summed E-state index contributed by atoms with van der Waals surface area (Å²) in [7, 11) is 1.59. The smallest absolute Gasteiger partial charge is 0.248 e. The van der Waals surface area contributed by atoms with Gasteiger partial charge in [0.1, 0.15) is 5.75 Å². The van der Waals surface area contributed by atoms with Crippen LogP contribution in [0.3, 0.4) is 0 Å². The molecule has 1 saturated heterocycles. The first-order valence-electron chi connectivity index (χ1n) is 8.74. The van der Waals surface area contributed by atoms with E-state index in [-0.39, 0.29) is 11.8 Å². The van der Waals surface area contributed by atoms with Gasteiger partial charge in [-0.2, -0.15) is 0 Å². The van der Waals surface area contributed by atoms with Crippen LogP contribution in [-0.2, 0) is 16.1 Å².